The molecule has 10 heavy (non-hydrogen) atoms. The minimum absolute atomic E-state index is 0.0534. The predicted molar refractivity (Wildman–Crippen MR) is 31.9 cm³/mol. The Morgan fingerprint density at radius 2 is 2.10 bits per heavy atom. The van der Waals surface area contributed by atoms with E-state index in [1.165, 1.54) is 0 Å². The topological polar surface area (TPSA) is 43.4 Å². The van der Waals surface area contributed by atoms with Crippen molar-refractivity contribution in [2.45, 2.75) is 19.3 Å². The summed E-state index contributed by atoms with van der Waals surface area (Å²) in [5.41, 5.74) is 0. The van der Waals surface area contributed by atoms with Crippen LogP contribution in [0.5, 0.6) is 0 Å². The van der Waals surface area contributed by atoms with Gasteiger partial charge in [-0.05, 0) is 18.8 Å². The van der Waals surface area contributed by atoms with Crippen molar-refractivity contribution in [2.24, 2.45) is 11.8 Å². The average molecular weight is 140 g/mol. The van der Waals surface area contributed by atoms with Gasteiger partial charge in [0, 0.05) is 6.42 Å². The van der Waals surface area contributed by atoms with E-state index in [-0.39, 0.29) is 17.9 Å². The smallest absolute Gasteiger partial charge is 0.316 e. The number of ether oxygens (including phenoxy) is 1. The third-order valence-electron chi connectivity index (χ3n) is 2.36. The normalized spacial score (nSPS) is 38.0. The van der Waals surface area contributed by atoms with Crippen LogP contribution in [0.15, 0.2) is 0 Å². The predicted octanol–water partition coefficient (Wildman–Crippen LogP) is 0.486. The van der Waals surface area contributed by atoms with E-state index >= 15 is 0 Å². The summed E-state index contributed by atoms with van der Waals surface area (Å²) in [6.45, 7) is 0. The van der Waals surface area contributed by atoms with Gasteiger partial charge >= 0.3 is 11.9 Å². The summed E-state index contributed by atoms with van der Waals surface area (Å²) in [5.74, 6) is -0.273. The molecule has 0 amide bonds. The summed E-state index contributed by atoms with van der Waals surface area (Å²) in [5, 5.41) is 0. The second-order valence-corrected chi connectivity index (χ2v) is 2.94. The molecule has 3 nitrogen and oxygen atoms in total. The Balaban J connectivity index is 2.13. The Morgan fingerprint density at radius 3 is 2.60 bits per heavy atom. The number of fused-ring (bicyclic) bond motifs is 1. The first-order valence-electron chi connectivity index (χ1n) is 3.52. The first-order chi connectivity index (χ1) is 4.77. The molecule has 0 N–H and O–H groups in total. The highest BCUT2D eigenvalue weighted by atomic mass is 16.6. The number of hydrogen-bond donors (Lipinski definition) is 0. The van der Waals surface area contributed by atoms with Gasteiger partial charge in [-0.15, -0.1) is 0 Å². The van der Waals surface area contributed by atoms with Gasteiger partial charge in [0.1, 0.15) is 0 Å². The van der Waals surface area contributed by atoms with Crippen LogP contribution in [0.3, 0.4) is 0 Å². The lowest BCUT2D eigenvalue weighted by Gasteiger charge is -2.36. The zero-order chi connectivity index (χ0) is 7.14. The van der Waals surface area contributed by atoms with Gasteiger partial charge in [0.15, 0.2) is 0 Å². The molecule has 54 valence electrons. The van der Waals surface area contributed by atoms with Crippen LogP contribution in [0.2, 0.25) is 0 Å². The molecule has 2 aliphatic rings. The van der Waals surface area contributed by atoms with Crippen molar-refractivity contribution in [3.05, 3.63) is 0 Å². The third kappa shape index (κ3) is 0.664. The Kier molecular flexibility index (Phi) is 1.07. The molecule has 3 heteroatoms. The monoisotopic (exact) mass is 140 g/mol. The van der Waals surface area contributed by atoms with E-state index in [0.29, 0.717) is 12.3 Å². The van der Waals surface area contributed by atoms with Crippen LogP contribution in [0.1, 0.15) is 19.3 Å². The van der Waals surface area contributed by atoms with Gasteiger partial charge in [0.2, 0.25) is 0 Å². The Hall–Kier alpha value is -0.860. The van der Waals surface area contributed by atoms with Crippen LogP contribution >= 0.6 is 0 Å². The van der Waals surface area contributed by atoms with Gasteiger partial charge in [-0.2, -0.15) is 0 Å². The van der Waals surface area contributed by atoms with E-state index in [0.717, 1.165) is 12.8 Å². The molecule has 1 saturated carbocycles. The number of carbonyl (C=O) groups excluding carboxylic acids is 2. The summed E-state index contributed by atoms with van der Waals surface area (Å²) in [7, 11) is 0. The maximum Gasteiger partial charge on any atom is 0.316 e. The standard InChI is InChI=1S/C7H8O3/c8-6-3-4-1-2-5(4)7(9)10-6/h4-5H,1-3H2. The zero-order valence-corrected chi connectivity index (χ0v) is 5.50. The van der Waals surface area contributed by atoms with E-state index in [9.17, 15) is 9.59 Å². The fourth-order valence-electron chi connectivity index (χ4n) is 1.57. The molecule has 1 aliphatic heterocycles. The molecule has 0 aromatic carbocycles. The van der Waals surface area contributed by atoms with Crippen LogP contribution in [-0.2, 0) is 14.3 Å². The lowest BCUT2D eigenvalue weighted by molar-refractivity contribution is -0.175. The summed E-state index contributed by atoms with van der Waals surface area (Å²) < 4.78 is 4.44. The number of carbonyl (C=O) groups is 2. The molecule has 0 bridgehead atoms. The molecular weight excluding hydrogens is 132 g/mol. The summed E-state index contributed by atoms with van der Waals surface area (Å²) in [4.78, 5) is 21.4. The van der Waals surface area contributed by atoms with Crippen molar-refractivity contribution in [3.63, 3.8) is 0 Å². The maximum absolute atomic E-state index is 10.8. The molecule has 0 radical (unpaired) electrons. The van der Waals surface area contributed by atoms with Crippen molar-refractivity contribution in [3.8, 4) is 0 Å². The summed E-state index contributed by atoms with van der Waals surface area (Å²) in [6, 6.07) is 0. The second-order valence-electron chi connectivity index (χ2n) is 2.94. The number of esters is 2. The van der Waals surface area contributed by atoms with E-state index in [2.05, 4.69) is 4.74 Å². The van der Waals surface area contributed by atoms with Gasteiger partial charge in [0.25, 0.3) is 0 Å². The average Bonchev–Trinajstić information content (AvgIpc) is 1.77. The van der Waals surface area contributed by atoms with Crippen LogP contribution in [0.25, 0.3) is 0 Å². The molecule has 2 fully saturated rings. The molecule has 2 rings (SSSR count). The van der Waals surface area contributed by atoms with Gasteiger partial charge in [0.05, 0.1) is 5.92 Å². The SMILES string of the molecule is O=C1CC2CCC2C(=O)O1. The molecule has 0 aromatic rings. The molecule has 1 aliphatic carbocycles. The minimum Gasteiger partial charge on any atom is -0.393 e. The van der Waals surface area contributed by atoms with Gasteiger partial charge in [-0.3, -0.25) is 9.59 Å². The molecule has 2 atom stereocenters. The van der Waals surface area contributed by atoms with Gasteiger partial charge < -0.3 is 4.74 Å². The summed E-state index contributed by atoms with van der Waals surface area (Å²) in [6.07, 6.45) is 2.39. The molecule has 1 saturated heterocycles. The Bertz CT molecular complexity index is 197. The first kappa shape index (κ1) is 5.89. The first-order valence-corrected chi connectivity index (χ1v) is 3.52. The fraction of sp³-hybridized carbons (Fsp3) is 0.714. The Labute approximate surface area is 58.4 Å². The Morgan fingerprint density at radius 1 is 1.30 bits per heavy atom. The number of hydrogen-bond acceptors (Lipinski definition) is 3. The second kappa shape index (κ2) is 1.81. The number of cyclic esters (lactones) is 2. The van der Waals surface area contributed by atoms with Crippen LogP contribution in [0, 0.1) is 11.8 Å². The lowest BCUT2D eigenvalue weighted by atomic mass is 9.71. The van der Waals surface area contributed by atoms with E-state index in [1.807, 2.05) is 0 Å². The highest BCUT2D eigenvalue weighted by molar-refractivity contribution is 5.90. The van der Waals surface area contributed by atoms with Crippen LogP contribution in [-0.4, -0.2) is 11.9 Å². The van der Waals surface area contributed by atoms with Crippen molar-refractivity contribution < 1.29 is 14.3 Å². The maximum atomic E-state index is 10.8. The highest BCUT2D eigenvalue weighted by Crippen LogP contribution is 2.40. The van der Waals surface area contributed by atoms with Crippen molar-refractivity contribution in [1.29, 1.82) is 0 Å². The van der Waals surface area contributed by atoms with Crippen molar-refractivity contribution >= 4 is 11.9 Å². The zero-order valence-electron chi connectivity index (χ0n) is 5.50. The van der Waals surface area contributed by atoms with Crippen molar-refractivity contribution in [1.82, 2.24) is 0 Å². The van der Waals surface area contributed by atoms with E-state index in [4.69, 9.17) is 0 Å². The molecule has 0 spiro atoms. The molecular formula is C7H8O3. The van der Waals surface area contributed by atoms with Crippen LogP contribution in [0.4, 0.5) is 0 Å². The van der Waals surface area contributed by atoms with Gasteiger partial charge in [-0.1, -0.05) is 0 Å². The van der Waals surface area contributed by atoms with Crippen LogP contribution < -0.4 is 0 Å². The molecule has 2 unspecified atom stereocenters. The number of rotatable bonds is 0. The largest absolute Gasteiger partial charge is 0.393 e. The highest BCUT2D eigenvalue weighted by Gasteiger charge is 2.43. The molecule has 0 aromatic heterocycles. The molecule has 1 heterocycles. The lowest BCUT2D eigenvalue weighted by Crippen LogP contribution is -2.41. The van der Waals surface area contributed by atoms with Crippen molar-refractivity contribution in [2.75, 3.05) is 0 Å². The van der Waals surface area contributed by atoms with Gasteiger partial charge in [-0.25, -0.2) is 0 Å². The third-order valence-corrected chi connectivity index (χ3v) is 2.36. The fourth-order valence-corrected chi connectivity index (χ4v) is 1.57. The quantitative estimate of drug-likeness (QED) is 0.363. The van der Waals surface area contributed by atoms with E-state index < -0.39 is 0 Å². The minimum atomic E-state index is -0.342. The summed E-state index contributed by atoms with van der Waals surface area (Å²) >= 11 is 0. The van der Waals surface area contributed by atoms with E-state index in [1.54, 1.807) is 0 Å².